The van der Waals surface area contributed by atoms with Crippen molar-refractivity contribution in [2.24, 2.45) is 5.92 Å². The van der Waals surface area contributed by atoms with Crippen molar-refractivity contribution >= 4 is 0 Å². The highest BCUT2D eigenvalue weighted by atomic mass is 15.5. The third kappa shape index (κ3) is 3.95. The van der Waals surface area contributed by atoms with Gasteiger partial charge in [-0.25, -0.2) is 0 Å². The molecule has 1 fully saturated rings. The number of nitrogens with zero attached hydrogens (tertiary/aromatic N) is 3. The Morgan fingerprint density at radius 2 is 1.91 bits per heavy atom. The van der Waals surface area contributed by atoms with E-state index < -0.39 is 0 Å². The predicted octanol–water partition coefficient (Wildman–Crippen LogP) is 3.36. The van der Waals surface area contributed by atoms with E-state index in [0.29, 0.717) is 0 Å². The van der Waals surface area contributed by atoms with Crippen molar-refractivity contribution in [2.75, 3.05) is 6.54 Å². The van der Waals surface area contributed by atoms with Crippen LogP contribution in [0.15, 0.2) is 36.5 Å². The van der Waals surface area contributed by atoms with Gasteiger partial charge in [0, 0.05) is 6.54 Å². The molecule has 22 heavy (non-hydrogen) atoms. The zero-order valence-electron chi connectivity index (χ0n) is 13.4. The van der Waals surface area contributed by atoms with Crippen LogP contribution >= 0.6 is 0 Å². The Hall–Kier alpha value is -1.68. The Balaban J connectivity index is 1.39. The van der Waals surface area contributed by atoms with E-state index in [2.05, 4.69) is 52.8 Å². The number of hydrogen-bond donors (Lipinski definition) is 1. The molecule has 0 aliphatic heterocycles. The standard InChI is InChI=1S/C18H26N4/c1-2-22-20-14-18(21-22)13-19-12-15-8-10-17(11-9-15)16-6-4-3-5-7-16/h3-7,14-15,17,19H,2,8-13H2,1H3. The Kier molecular flexibility index (Phi) is 5.22. The van der Waals surface area contributed by atoms with Crippen LogP contribution in [0.25, 0.3) is 0 Å². The minimum Gasteiger partial charge on any atom is -0.311 e. The summed E-state index contributed by atoms with van der Waals surface area (Å²) in [6.45, 7) is 4.82. The van der Waals surface area contributed by atoms with Gasteiger partial charge in [0.15, 0.2) is 0 Å². The van der Waals surface area contributed by atoms with Crippen LogP contribution in [0.5, 0.6) is 0 Å². The third-order valence-corrected chi connectivity index (χ3v) is 4.72. The summed E-state index contributed by atoms with van der Waals surface area (Å²) in [6, 6.07) is 11.0. The Morgan fingerprint density at radius 3 is 2.59 bits per heavy atom. The molecule has 1 heterocycles. The zero-order valence-corrected chi connectivity index (χ0v) is 13.4. The van der Waals surface area contributed by atoms with Crippen LogP contribution in [0.2, 0.25) is 0 Å². The summed E-state index contributed by atoms with van der Waals surface area (Å²) in [5.74, 6) is 1.57. The first-order valence-electron chi connectivity index (χ1n) is 8.50. The quantitative estimate of drug-likeness (QED) is 0.889. The molecule has 0 radical (unpaired) electrons. The molecule has 0 amide bonds. The molecule has 2 aromatic rings. The molecule has 0 atom stereocenters. The molecule has 1 N–H and O–H groups in total. The molecule has 4 heteroatoms. The van der Waals surface area contributed by atoms with Crippen molar-refractivity contribution < 1.29 is 0 Å². The van der Waals surface area contributed by atoms with Gasteiger partial charge in [0.05, 0.1) is 18.4 Å². The maximum Gasteiger partial charge on any atom is 0.0964 e. The van der Waals surface area contributed by atoms with E-state index in [1.165, 1.54) is 31.2 Å². The first-order chi connectivity index (χ1) is 10.8. The van der Waals surface area contributed by atoms with Gasteiger partial charge in [0.2, 0.25) is 0 Å². The number of benzene rings is 1. The van der Waals surface area contributed by atoms with Crippen molar-refractivity contribution in [1.82, 2.24) is 20.3 Å². The lowest BCUT2D eigenvalue weighted by Gasteiger charge is -2.29. The maximum atomic E-state index is 4.41. The lowest BCUT2D eigenvalue weighted by Crippen LogP contribution is -2.26. The summed E-state index contributed by atoms with van der Waals surface area (Å²) >= 11 is 0. The van der Waals surface area contributed by atoms with Gasteiger partial charge in [-0.3, -0.25) is 0 Å². The lowest BCUT2D eigenvalue weighted by atomic mass is 9.79. The maximum absolute atomic E-state index is 4.41. The number of aryl methyl sites for hydroxylation is 1. The Bertz CT molecular complexity index is 555. The summed E-state index contributed by atoms with van der Waals surface area (Å²) in [4.78, 5) is 1.74. The highest BCUT2D eigenvalue weighted by molar-refractivity contribution is 5.19. The van der Waals surface area contributed by atoms with Gasteiger partial charge in [-0.2, -0.15) is 15.0 Å². The molecule has 1 aromatic carbocycles. The van der Waals surface area contributed by atoms with Crippen LogP contribution in [0.1, 0.15) is 49.8 Å². The molecule has 1 aliphatic carbocycles. The normalized spacial score (nSPS) is 21.9. The highest BCUT2D eigenvalue weighted by Gasteiger charge is 2.21. The topological polar surface area (TPSA) is 42.7 Å². The molecule has 1 aromatic heterocycles. The summed E-state index contributed by atoms with van der Waals surface area (Å²) in [5, 5.41) is 12.2. The molecule has 3 rings (SSSR count). The minimum atomic E-state index is 0.766. The third-order valence-electron chi connectivity index (χ3n) is 4.72. The highest BCUT2D eigenvalue weighted by Crippen LogP contribution is 2.35. The summed E-state index contributed by atoms with van der Waals surface area (Å²) in [5.41, 5.74) is 2.56. The van der Waals surface area contributed by atoms with Crippen LogP contribution in [-0.4, -0.2) is 21.5 Å². The summed E-state index contributed by atoms with van der Waals surface area (Å²) < 4.78 is 0. The predicted molar refractivity (Wildman–Crippen MR) is 88.5 cm³/mol. The largest absolute Gasteiger partial charge is 0.311 e. The van der Waals surface area contributed by atoms with E-state index >= 15 is 0 Å². The van der Waals surface area contributed by atoms with Gasteiger partial charge in [-0.15, -0.1) is 0 Å². The molecule has 0 saturated heterocycles. The number of hydrogen-bond acceptors (Lipinski definition) is 3. The fraction of sp³-hybridized carbons (Fsp3) is 0.556. The molecule has 0 unspecified atom stereocenters. The number of rotatable bonds is 6. The van der Waals surface area contributed by atoms with Gasteiger partial charge in [0.25, 0.3) is 0 Å². The van der Waals surface area contributed by atoms with Crippen LogP contribution in [0, 0.1) is 5.92 Å². The van der Waals surface area contributed by atoms with Gasteiger partial charge in [0.1, 0.15) is 0 Å². The molecule has 0 bridgehead atoms. The van der Waals surface area contributed by atoms with Gasteiger partial charge < -0.3 is 5.32 Å². The number of aromatic nitrogens is 3. The molecule has 1 saturated carbocycles. The molecular weight excluding hydrogens is 272 g/mol. The first kappa shape index (κ1) is 15.2. The van der Waals surface area contributed by atoms with E-state index in [1.807, 2.05) is 6.20 Å². The van der Waals surface area contributed by atoms with Crippen LogP contribution in [-0.2, 0) is 13.1 Å². The molecule has 1 aliphatic rings. The van der Waals surface area contributed by atoms with Crippen LogP contribution in [0.3, 0.4) is 0 Å². The molecule has 118 valence electrons. The van der Waals surface area contributed by atoms with E-state index in [-0.39, 0.29) is 0 Å². The second kappa shape index (κ2) is 7.54. The fourth-order valence-electron chi connectivity index (χ4n) is 3.40. The Labute approximate surface area is 132 Å². The first-order valence-corrected chi connectivity index (χ1v) is 8.50. The average molecular weight is 298 g/mol. The van der Waals surface area contributed by atoms with Gasteiger partial charge >= 0.3 is 0 Å². The monoisotopic (exact) mass is 298 g/mol. The SMILES string of the molecule is CCn1ncc(CNCC2CCC(c3ccccc3)CC2)n1. The van der Waals surface area contributed by atoms with Crippen molar-refractivity contribution in [3.63, 3.8) is 0 Å². The zero-order chi connectivity index (χ0) is 15.2. The smallest absolute Gasteiger partial charge is 0.0964 e. The molecule has 0 spiro atoms. The minimum absolute atomic E-state index is 0.766. The van der Waals surface area contributed by atoms with Crippen molar-refractivity contribution in [2.45, 2.75) is 51.6 Å². The summed E-state index contributed by atoms with van der Waals surface area (Å²) in [7, 11) is 0. The van der Waals surface area contributed by atoms with E-state index in [9.17, 15) is 0 Å². The second-order valence-electron chi connectivity index (χ2n) is 6.28. The van der Waals surface area contributed by atoms with Gasteiger partial charge in [-0.05, 0) is 56.6 Å². The average Bonchev–Trinajstić information content (AvgIpc) is 3.04. The van der Waals surface area contributed by atoms with E-state index in [4.69, 9.17) is 0 Å². The fourth-order valence-corrected chi connectivity index (χ4v) is 3.40. The molecular formula is C18H26N4. The lowest BCUT2D eigenvalue weighted by molar-refractivity contribution is 0.313. The van der Waals surface area contributed by atoms with Crippen LogP contribution < -0.4 is 5.32 Å². The van der Waals surface area contributed by atoms with Crippen molar-refractivity contribution in [1.29, 1.82) is 0 Å². The van der Waals surface area contributed by atoms with Crippen LogP contribution in [0.4, 0.5) is 0 Å². The van der Waals surface area contributed by atoms with Crippen molar-refractivity contribution in [3.05, 3.63) is 47.8 Å². The second-order valence-corrected chi connectivity index (χ2v) is 6.28. The summed E-state index contributed by atoms with van der Waals surface area (Å²) in [6.07, 6.45) is 7.16. The van der Waals surface area contributed by atoms with E-state index in [0.717, 1.165) is 37.2 Å². The van der Waals surface area contributed by atoms with E-state index in [1.54, 1.807) is 4.80 Å². The Morgan fingerprint density at radius 1 is 1.14 bits per heavy atom. The van der Waals surface area contributed by atoms with Gasteiger partial charge in [-0.1, -0.05) is 30.3 Å². The van der Waals surface area contributed by atoms with Crippen molar-refractivity contribution in [3.8, 4) is 0 Å². The number of nitrogens with one attached hydrogen (secondary N) is 1. The molecule has 4 nitrogen and oxygen atoms in total.